The number of aliphatic imine (C=N–C) groups is 1. The van der Waals surface area contributed by atoms with Crippen LogP contribution in [0.2, 0.25) is 0 Å². The molecule has 0 aromatic heterocycles. The van der Waals surface area contributed by atoms with Gasteiger partial charge in [0.2, 0.25) is 5.90 Å². The molecule has 0 fully saturated rings. The maximum Gasteiger partial charge on any atom is 0.363 e. The first kappa shape index (κ1) is 15.3. The number of ether oxygens (including phenoxy) is 1. The topological polar surface area (TPSA) is 81.8 Å². The molecule has 7 heteroatoms. The quantitative estimate of drug-likeness (QED) is 0.250. The molecule has 1 aliphatic heterocycles. The predicted molar refractivity (Wildman–Crippen MR) is 92.9 cm³/mol. The molecule has 114 valence electrons. The van der Waals surface area contributed by atoms with E-state index in [1.807, 2.05) is 24.3 Å². The summed E-state index contributed by atoms with van der Waals surface area (Å²) in [5.41, 5.74) is 1.54. The van der Waals surface area contributed by atoms with Crippen molar-refractivity contribution in [1.82, 2.24) is 0 Å². The highest BCUT2D eigenvalue weighted by Gasteiger charge is 2.24. The third kappa shape index (κ3) is 3.29. The fraction of sp³-hybridized carbons (Fsp3) is 0. The van der Waals surface area contributed by atoms with Crippen molar-refractivity contribution in [1.29, 1.82) is 0 Å². The lowest BCUT2D eigenvalue weighted by Gasteiger charge is -1.98. The van der Waals surface area contributed by atoms with Gasteiger partial charge in [0, 0.05) is 21.3 Å². The van der Waals surface area contributed by atoms with E-state index in [0.29, 0.717) is 5.56 Å². The summed E-state index contributed by atoms with van der Waals surface area (Å²) in [5, 5.41) is 10.7. The van der Waals surface area contributed by atoms with Crippen LogP contribution in [0.1, 0.15) is 11.1 Å². The van der Waals surface area contributed by atoms with Crippen molar-refractivity contribution in [3.05, 3.63) is 79.0 Å². The maximum atomic E-state index is 11.9. The van der Waals surface area contributed by atoms with Crippen LogP contribution >= 0.6 is 22.6 Å². The van der Waals surface area contributed by atoms with Crippen LogP contribution in [0.3, 0.4) is 0 Å². The standard InChI is InChI=1S/C16H9IN2O4/c17-13-4-2-1-3-11(13)9-14-16(20)23-15(18-14)10-5-7-12(8-6-10)19(21)22/h1-9H/b14-9+. The first-order valence-electron chi connectivity index (χ1n) is 6.56. The second kappa shape index (κ2) is 6.29. The lowest BCUT2D eigenvalue weighted by Crippen LogP contribution is -2.05. The highest BCUT2D eigenvalue weighted by atomic mass is 127. The van der Waals surface area contributed by atoms with Crippen LogP contribution < -0.4 is 0 Å². The van der Waals surface area contributed by atoms with Crippen LogP contribution in [-0.4, -0.2) is 16.8 Å². The van der Waals surface area contributed by atoms with E-state index in [9.17, 15) is 14.9 Å². The first-order chi connectivity index (χ1) is 11.0. The van der Waals surface area contributed by atoms with Gasteiger partial charge in [-0.2, -0.15) is 0 Å². The zero-order chi connectivity index (χ0) is 16.4. The molecule has 3 rings (SSSR count). The van der Waals surface area contributed by atoms with Gasteiger partial charge in [-0.3, -0.25) is 10.1 Å². The number of carbonyl (C=O) groups excluding carboxylic acids is 1. The van der Waals surface area contributed by atoms with Crippen LogP contribution in [-0.2, 0) is 9.53 Å². The van der Waals surface area contributed by atoms with Crippen molar-refractivity contribution < 1.29 is 14.5 Å². The minimum atomic E-state index is -0.544. The predicted octanol–water partition coefficient (Wildman–Crippen LogP) is 3.54. The Labute approximate surface area is 144 Å². The van der Waals surface area contributed by atoms with Crippen molar-refractivity contribution in [2.75, 3.05) is 0 Å². The summed E-state index contributed by atoms with van der Waals surface area (Å²) in [6, 6.07) is 13.3. The molecule has 1 heterocycles. The fourth-order valence-electron chi connectivity index (χ4n) is 2.00. The number of nitrogens with zero attached hydrogens (tertiary/aromatic N) is 2. The third-order valence-corrected chi connectivity index (χ3v) is 4.13. The number of nitro groups is 1. The molecule has 23 heavy (non-hydrogen) atoms. The Hall–Kier alpha value is -2.55. The van der Waals surface area contributed by atoms with Gasteiger partial charge in [0.15, 0.2) is 5.70 Å². The molecule has 2 aromatic carbocycles. The van der Waals surface area contributed by atoms with Crippen molar-refractivity contribution >= 4 is 46.2 Å². The highest BCUT2D eigenvalue weighted by Crippen LogP contribution is 2.22. The Bertz CT molecular complexity index is 857. The van der Waals surface area contributed by atoms with E-state index >= 15 is 0 Å². The molecule has 0 saturated heterocycles. The number of carbonyl (C=O) groups is 1. The number of rotatable bonds is 3. The summed E-state index contributed by atoms with van der Waals surface area (Å²) >= 11 is 2.17. The molecular weight excluding hydrogens is 411 g/mol. The Kier molecular flexibility index (Phi) is 4.20. The van der Waals surface area contributed by atoms with Crippen LogP contribution in [0.15, 0.2) is 59.2 Å². The van der Waals surface area contributed by atoms with Gasteiger partial charge in [-0.1, -0.05) is 18.2 Å². The molecule has 2 aromatic rings. The van der Waals surface area contributed by atoms with E-state index in [1.54, 1.807) is 6.08 Å². The summed E-state index contributed by atoms with van der Waals surface area (Å²) in [6.45, 7) is 0. The van der Waals surface area contributed by atoms with Gasteiger partial charge in [-0.05, 0) is 52.4 Å². The van der Waals surface area contributed by atoms with E-state index in [-0.39, 0.29) is 17.3 Å². The lowest BCUT2D eigenvalue weighted by molar-refractivity contribution is -0.384. The summed E-state index contributed by atoms with van der Waals surface area (Å²) in [7, 11) is 0. The van der Waals surface area contributed by atoms with Crippen molar-refractivity contribution in [3.63, 3.8) is 0 Å². The van der Waals surface area contributed by atoms with E-state index in [2.05, 4.69) is 27.6 Å². The minimum Gasteiger partial charge on any atom is -0.402 e. The maximum absolute atomic E-state index is 11.9. The third-order valence-electron chi connectivity index (χ3n) is 3.14. The van der Waals surface area contributed by atoms with Gasteiger partial charge in [0.25, 0.3) is 5.69 Å². The molecule has 0 N–H and O–H groups in total. The number of cyclic esters (lactones) is 1. The number of esters is 1. The number of hydrogen-bond donors (Lipinski definition) is 0. The number of halogens is 1. The molecular formula is C16H9IN2O4. The number of nitro benzene ring substituents is 1. The van der Waals surface area contributed by atoms with Gasteiger partial charge in [-0.25, -0.2) is 9.79 Å². The normalized spacial score (nSPS) is 15.4. The Morgan fingerprint density at radius 1 is 1.13 bits per heavy atom. The van der Waals surface area contributed by atoms with E-state index < -0.39 is 10.9 Å². The largest absolute Gasteiger partial charge is 0.402 e. The van der Waals surface area contributed by atoms with Crippen LogP contribution in [0.25, 0.3) is 6.08 Å². The first-order valence-corrected chi connectivity index (χ1v) is 7.64. The molecule has 0 radical (unpaired) electrons. The van der Waals surface area contributed by atoms with Crippen molar-refractivity contribution in [2.24, 2.45) is 4.99 Å². The zero-order valence-corrected chi connectivity index (χ0v) is 13.8. The molecule has 0 unspecified atom stereocenters. The lowest BCUT2D eigenvalue weighted by atomic mass is 10.2. The van der Waals surface area contributed by atoms with Gasteiger partial charge >= 0.3 is 5.97 Å². The number of hydrogen-bond acceptors (Lipinski definition) is 5. The summed E-state index contributed by atoms with van der Waals surface area (Å²) in [5.74, 6) is -0.403. The summed E-state index contributed by atoms with van der Waals surface area (Å²) in [4.78, 5) is 26.3. The average Bonchev–Trinajstić information content (AvgIpc) is 2.91. The molecule has 0 saturated carbocycles. The van der Waals surface area contributed by atoms with Gasteiger partial charge < -0.3 is 4.74 Å². The van der Waals surface area contributed by atoms with Gasteiger partial charge in [-0.15, -0.1) is 0 Å². The molecule has 0 spiro atoms. The van der Waals surface area contributed by atoms with E-state index in [1.165, 1.54) is 24.3 Å². The fourth-order valence-corrected chi connectivity index (χ4v) is 2.54. The molecule has 0 bridgehead atoms. The summed E-state index contributed by atoms with van der Waals surface area (Å²) in [6.07, 6.45) is 1.66. The second-order valence-electron chi connectivity index (χ2n) is 4.66. The molecule has 1 aliphatic rings. The van der Waals surface area contributed by atoms with E-state index in [0.717, 1.165) is 9.13 Å². The van der Waals surface area contributed by atoms with Crippen molar-refractivity contribution in [2.45, 2.75) is 0 Å². The monoisotopic (exact) mass is 420 g/mol. The Balaban J connectivity index is 1.92. The number of benzene rings is 2. The van der Waals surface area contributed by atoms with E-state index in [4.69, 9.17) is 4.74 Å². The van der Waals surface area contributed by atoms with Crippen LogP contribution in [0.5, 0.6) is 0 Å². The van der Waals surface area contributed by atoms with Crippen molar-refractivity contribution in [3.8, 4) is 0 Å². The average molecular weight is 420 g/mol. The SMILES string of the molecule is O=C1OC(c2ccc([N+](=O)[O-])cc2)=N/C1=C/c1ccccc1I. The van der Waals surface area contributed by atoms with Gasteiger partial charge in [0.1, 0.15) is 0 Å². The molecule has 0 atom stereocenters. The summed E-state index contributed by atoms with van der Waals surface area (Å²) < 4.78 is 6.13. The minimum absolute atomic E-state index is 0.0340. The zero-order valence-electron chi connectivity index (χ0n) is 11.6. The van der Waals surface area contributed by atoms with Crippen LogP contribution in [0.4, 0.5) is 5.69 Å². The molecule has 6 nitrogen and oxygen atoms in total. The van der Waals surface area contributed by atoms with Crippen LogP contribution in [0, 0.1) is 13.7 Å². The Morgan fingerprint density at radius 3 is 2.48 bits per heavy atom. The Morgan fingerprint density at radius 2 is 1.83 bits per heavy atom. The highest BCUT2D eigenvalue weighted by molar-refractivity contribution is 14.1. The number of non-ortho nitro benzene ring substituents is 1. The molecule has 0 aliphatic carbocycles. The smallest absolute Gasteiger partial charge is 0.363 e. The van der Waals surface area contributed by atoms with Gasteiger partial charge in [0.05, 0.1) is 4.92 Å². The molecule has 0 amide bonds. The second-order valence-corrected chi connectivity index (χ2v) is 5.82.